The summed E-state index contributed by atoms with van der Waals surface area (Å²) in [5.41, 5.74) is 7.74. The summed E-state index contributed by atoms with van der Waals surface area (Å²) in [6.07, 6.45) is 5.19. The third kappa shape index (κ3) is 2.05. The maximum absolute atomic E-state index is 6.01. The van der Waals surface area contributed by atoms with Gasteiger partial charge in [-0.3, -0.25) is 0 Å². The molecule has 82 valence electrons. The number of hydrogen-bond donors (Lipinski definition) is 1. The average molecular weight is 225 g/mol. The predicted octanol–water partition coefficient (Wildman–Crippen LogP) is 3.30. The molecule has 0 amide bonds. The van der Waals surface area contributed by atoms with Crippen molar-refractivity contribution in [3.05, 3.63) is 23.2 Å². The van der Waals surface area contributed by atoms with Gasteiger partial charge in [0, 0.05) is 13.1 Å². The van der Waals surface area contributed by atoms with Gasteiger partial charge in [0.25, 0.3) is 0 Å². The highest BCUT2D eigenvalue weighted by Crippen LogP contribution is 2.33. The number of hydrogen-bond acceptors (Lipinski definition) is 2. The van der Waals surface area contributed by atoms with Crippen LogP contribution in [0.1, 0.15) is 25.7 Å². The van der Waals surface area contributed by atoms with Crippen molar-refractivity contribution in [3.8, 4) is 0 Å². The van der Waals surface area contributed by atoms with Gasteiger partial charge in [0.1, 0.15) is 0 Å². The Balaban J connectivity index is 2.24. The molecule has 1 aromatic carbocycles. The number of nitrogens with zero attached hydrogens (tertiary/aromatic N) is 1. The van der Waals surface area contributed by atoms with Gasteiger partial charge in [-0.2, -0.15) is 0 Å². The summed E-state index contributed by atoms with van der Waals surface area (Å²) in [4.78, 5) is 2.27. The summed E-state index contributed by atoms with van der Waals surface area (Å²) in [5, 5.41) is 0.650. The number of nitrogens with two attached hydrogens (primary N) is 1. The lowest BCUT2D eigenvalue weighted by Gasteiger charge is -2.28. The van der Waals surface area contributed by atoms with E-state index in [2.05, 4.69) is 11.9 Å². The lowest BCUT2D eigenvalue weighted by Crippen LogP contribution is -2.29. The maximum atomic E-state index is 6.01. The van der Waals surface area contributed by atoms with Gasteiger partial charge in [0.15, 0.2) is 0 Å². The van der Waals surface area contributed by atoms with Crippen LogP contribution >= 0.6 is 11.6 Å². The van der Waals surface area contributed by atoms with E-state index in [0.29, 0.717) is 16.8 Å². The lowest BCUT2D eigenvalue weighted by atomic mass is 10.1. The van der Waals surface area contributed by atoms with Crippen molar-refractivity contribution in [1.29, 1.82) is 0 Å². The fraction of sp³-hybridized carbons (Fsp3) is 0.500. The molecule has 0 heterocycles. The molecule has 2 nitrogen and oxygen atoms in total. The van der Waals surface area contributed by atoms with Crippen LogP contribution in [0.15, 0.2) is 18.2 Å². The Bertz CT molecular complexity index is 345. The van der Waals surface area contributed by atoms with Crippen LogP contribution in [0.5, 0.6) is 0 Å². The van der Waals surface area contributed by atoms with E-state index in [1.165, 1.54) is 25.7 Å². The zero-order valence-electron chi connectivity index (χ0n) is 9.04. The van der Waals surface area contributed by atoms with E-state index in [4.69, 9.17) is 17.3 Å². The van der Waals surface area contributed by atoms with Crippen molar-refractivity contribution in [1.82, 2.24) is 0 Å². The van der Waals surface area contributed by atoms with E-state index in [-0.39, 0.29) is 0 Å². The molecule has 15 heavy (non-hydrogen) atoms. The van der Waals surface area contributed by atoms with Crippen molar-refractivity contribution in [2.75, 3.05) is 17.7 Å². The van der Waals surface area contributed by atoms with Crippen LogP contribution < -0.4 is 10.6 Å². The minimum atomic E-state index is 0.630. The third-order valence-electron chi connectivity index (χ3n) is 3.28. The molecule has 2 N–H and O–H groups in total. The number of benzene rings is 1. The second kappa shape index (κ2) is 4.31. The summed E-state index contributed by atoms with van der Waals surface area (Å²) < 4.78 is 0. The molecular weight excluding hydrogens is 208 g/mol. The molecule has 3 heteroatoms. The Morgan fingerprint density at radius 3 is 2.67 bits per heavy atom. The Labute approximate surface area is 96.0 Å². The molecule has 0 unspecified atom stereocenters. The van der Waals surface area contributed by atoms with Gasteiger partial charge >= 0.3 is 0 Å². The standard InChI is InChI=1S/C12H17ClN2/c1-15(9-5-2-3-6-9)11-8-4-7-10(13)12(11)14/h4,7-9H,2-3,5-6,14H2,1H3. The van der Waals surface area contributed by atoms with E-state index in [1.807, 2.05) is 18.2 Å². The quantitative estimate of drug-likeness (QED) is 0.782. The predicted molar refractivity (Wildman–Crippen MR) is 66.5 cm³/mol. The Morgan fingerprint density at radius 2 is 2.00 bits per heavy atom. The largest absolute Gasteiger partial charge is 0.396 e. The second-order valence-electron chi connectivity index (χ2n) is 4.22. The topological polar surface area (TPSA) is 29.3 Å². The molecule has 1 aliphatic carbocycles. The van der Waals surface area contributed by atoms with Crippen LogP contribution in [0.4, 0.5) is 11.4 Å². The number of para-hydroxylation sites is 1. The first-order valence-electron chi connectivity index (χ1n) is 5.47. The van der Waals surface area contributed by atoms with E-state index in [9.17, 15) is 0 Å². The van der Waals surface area contributed by atoms with Crippen LogP contribution in [0.3, 0.4) is 0 Å². The fourth-order valence-electron chi connectivity index (χ4n) is 2.32. The molecule has 1 aromatic rings. The number of nitrogen functional groups attached to an aromatic ring is 1. The molecule has 1 fully saturated rings. The average Bonchev–Trinajstić information content (AvgIpc) is 2.74. The van der Waals surface area contributed by atoms with Crippen molar-refractivity contribution in [2.45, 2.75) is 31.7 Å². The van der Waals surface area contributed by atoms with Gasteiger partial charge in [-0.1, -0.05) is 30.5 Å². The first-order chi connectivity index (χ1) is 7.20. The van der Waals surface area contributed by atoms with Crippen molar-refractivity contribution in [3.63, 3.8) is 0 Å². The van der Waals surface area contributed by atoms with E-state index in [0.717, 1.165) is 5.69 Å². The van der Waals surface area contributed by atoms with Crippen molar-refractivity contribution in [2.24, 2.45) is 0 Å². The van der Waals surface area contributed by atoms with Crippen LogP contribution in [0.25, 0.3) is 0 Å². The summed E-state index contributed by atoms with van der Waals surface area (Å²) >= 11 is 6.01. The minimum absolute atomic E-state index is 0.630. The Kier molecular flexibility index (Phi) is 3.06. The second-order valence-corrected chi connectivity index (χ2v) is 4.63. The molecule has 0 saturated heterocycles. The molecule has 0 aromatic heterocycles. The number of halogens is 1. The fourth-order valence-corrected chi connectivity index (χ4v) is 2.49. The smallest absolute Gasteiger partial charge is 0.0741 e. The van der Waals surface area contributed by atoms with Crippen LogP contribution in [-0.2, 0) is 0 Å². The normalized spacial score (nSPS) is 16.9. The van der Waals surface area contributed by atoms with E-state index >= 15 is 0 Å². The lowest BCUT2D eigenvalue weighted by molar-refractivity contribution is 0.654. The zero-order valence-corrected chi connectivity index (χ0v) is 9.80. The summed E-state index contributed by atoms with van der Waals surface area (Å²) in [7, 11) is 2.11. The first-order valence-corrected chi connectivity index (χ1v) is 5.85. The third-order valence-corrected chi connectivity index (χ3v) is 3.61. The summed E-state index contributed by atoms with van der Waals surface area (Å²) in [5.74, 6) is 0. The molecule has 1 saturated carbocycles. The van der Waals surface area contributed by atoms with E-state index in [1.54, 1.807) is 0 Å². The molecule has 0 radical (unpaired) electrons. The van der Waals surface area contributed by atoms with Gasteiger partial charge in [0.05, 0.1) is 16.4 Å². The van der Waals surface area contributed by atoms with Gasteiger partial charge in [0.2, 0.25) is 0 Å². The van der Waals surface area contributed by atoms with Crippen molar-refractivity contribution < 1.29 is 0 Å². The first kappa shape index (κ1) is 10.6. The highest BCUT2D eigenvalue weighted by Gasteiger charge is 2.21. The summed E-state index contributed by atoms with van der Waals surface area (Å²) in [6.45, 7) is 0. The van der Waals surface area contributed by atoms with Crippen LogP contribution in [0, 0.1) is 0 Å². The van der Waals surface area contributed by atoms with Gasteiger partial charge in [-0.15, -0.1) is 0 Å². The van der Waals surface area contributed by atoms with Gasteiger partial charge < -0.3 is 10.6 Å². The highest BCUT2D eigenvalue weighted by molar-refractivity contribution is 6.33. The van der Waals surface area contributed by atoms with E-state index < -0.39 is 0 Å². The molecule has 1 aliphatic rings. The van der Waals surface area contributed by atoms with Gasteiger partial charge in [-0.05, 0) is 25.0 Å². The molecular formula is C12H17ClN2. The van der Waals surface area contributed by atoms with Gasteiger partial charge in [-0.25, -0.2) is 0 Å². The Hall–Kier alpha value is -0.890. The van der Waals surface area contributed by atoms with Crippen LogP contribution in [0.2, 0.25) is 5.02 Å². The molecule has 0 spiro atoms. The SMILES string of the molecule is CN(c1cccc(Cl)c1N)C1CCCC1. The highest BCUT2D eigenvalue weighted by atomic mass is 35.5. The molecule has 2 rings (SSSR count). The summed E-state index contributed by atoms with van der Waals surface area (Å²) in [6, 6.07) is 6.47. The molecule has 0 atom stereocenters. The molecule has 0 bridgehead atoms. The zero-order chi connectivity index (χ0) is 10.8. The Morgan fingerprint density at radius 1 is 1.33 bits per heavy atom. The number of anilines is 2. The minimum Gasteiger partial charge on any atom is -0.396 e. The van der Waals surface area contributed by atoms with Crippen molar-refractivity contribution >= 4 is 23.0 Å². The number of rotatable bonds is 2. The maximum Gasteiger partial charge on any atom is 0.0741 e. The molecule has 0 aliphatic heterocycles. The van der Waals surface area contributed by atoms with Crippen LogP contribution in [-0.4, -0.2) is 13.1 Å². The monoisotopic (exact) mass is 224 g/mol.